The maximum Gasteiger partial charge on any atom is 0.161 e. The minimum Gasteiger partial charge on any atom is -0.493 e. The molecule has 4 nitrogen and oxygen atoms in total. The van der Waals surface area contributed by atoms with Crippen molar-refractivity contribution in [3.8, 4) is 11.5 Å². The second-order valence-corrected chi connectivity index (χ2v) is 4.11. The standard InChI is InChI=1S/C14H23NO3/c1-4-11-6-7-13(14(8-11)17-3)18-10-12(16)9-15-5-2/h6-8,12,15-16H,4-5,9-10H2,1-3H3. The van der Waals surface area contributed by atoms with Crippen LogP contribution < -0.4 is 14.8 Å². The van der Waals surface area contributed by atoms with Crippen molar-refractivity contribution in [2.24, 2.45) is 0 Å². The van der Waals surface area contributed by atoms with Crippen molar-refractivity contribution >= 4 is 0 Å². The molecule has 0 aliphatic heterocycles. The molecule has 0 heterocycles. The molecule has 1 atom stereocenters. The van der Waals surface area contributed by atoms with E-state index in [0.29, 0.717) is 18.0 Å². The Kier molecular flexibility index (Phi) is 6.54. The maximum atomic E-state index is 9.68. The zero-order valence-electron chi connectivity index (χ0n) is 11.4. The Bertz CT molecular complexity index is 355. The van der Waals surface area contributed by atoms with E-state index in [1.165, 1.54) is 5.56 Å². The molecular weight excluding hydrogens is 230 g/mol. The number of nitrogens with one attached hydrogen (secondary N) is 1. The van der Waals surface area contributed by atoms with Gasteiger partial charge in [-0.3, -0.25) is 0 Å². The van der Waals surface area contributed by atoms with Crippen LogP contribution in [0.5, 0.6) is 11.5 Å². The number of methoxy groups -OCH3 is 1. The number of benzene rings is 1. The van der Waals surface area contributed by atoms with Crippen molar-refractivity contribution in [2.45, 2.75) is 26.4 Å². The smallest absolute Gasteiger partial charge is 0.161 e. The fraction of sp³-hybridized carbons (Fsp3) is 0.571. The highest BCUT2D eigenvalue weighted by Gasteiger charge is 2.08. The third kappa shape index (κ3) is 4.55. The molecule has 102 valence electrons. The average molecular weight is 253 g/mol. The number of rotatable bonds is 8. The first-order chi connectivity index (χ1) is 8.71. The van der Waals surface area contributed by atoms with Gasteiger partial charge in [0.1, 0.15) is 12.7 Å². The first-order valence-electron chi connectivity index (χ1n) is 6.39. The first-order valence-corrected chi connectivity index (χ1v) is 6.39. The Balaban J connectivity index is 2.55. The van der Waals surface area contributed by atoms with Gasteiger partial charge >= 0.3 is 0 Å². The summed E-state index contributed by atoms with van der Waals surface area (Å²) in [4.78, 5) is 0. The predicted molar refractivity (Wildman–Crippen MR) is 72.4 cm³/mol. The van der Waals surface area contributed by atoms with Gasteiger partial charge in [-0.2, -0.15) is 0 Å². The highest BCUT2D eigenvalue weighted by atomic mass is 16.5. The van der Waals surface area contributed by atoms with Crippen molar-refractivity contribution in [2.75, 3.05) is 26.8 Å². The van der Waals surface area contributed by atoms with Gasteiger partial charge in [-0.25, -0.2) is 0 Å². The van der Waals surface area contributed by atoms with Crippen LogP contribution >= 0.6 is 0 Å². The molecule has 4 heteroatoms. The molecule has 0 saturated heterocycles. The van der Waals surface area contributed by atoms with Crippen LogP contribution in [0.3, 0.4) is 0 Å². The Hall–Kier alpha value is -1.26. The van der Waals surface area contributed by atoms with Gasteiger partial charge in [0.2, 0.25) is 0 Å². The van der Waals surface area contributed by atoms with E-state index >= 15 is 0 Å². The SMILES string of the molecule is CCNCC(O)COc1ccc(CC)cc1OC. The Morgan fingerprint density at radius 1 is 1.28 bits per heavy atom. The zero-order valence-corrected chi connectivity index (χ0v) is 11.4. The monoisotopic (exact) mass is 253 g/mol. The van der Waals surface area contributed by atoms with E-state index in [4.69, 9.17) is 9.47 Å². The lowest BCUT2D eigenvalue weighted by molar-refractivity contribution is 0.105. The molecule has 0 amide bonds. The molecule has 1 rings (SSSR count). The lowest BCUT2D eigenvalue weighted by Crippen LogP contribution is -2.31. The number of likely N-dealkylation sites (N-methyl/N-ethyl adjacent to an activating group) is 1. The number of aliphatic hydroxyl groups is 1. The average Bonchev–Trinajstić information content (AvgIpc) is 2.42. The first kappa shape index (κ1) is 14.8. The van der Waals surface area contributed by atoms with Crippen LogP contribution in [-0.2, 0) is 6.42 Å². The van der Waals surface area contributed by atoms with Crippen molar-refractivity contribution < 1.29 is 14.6 Å². The van der Waals surface area contributed by atoms with Crippen LogP contribution in [0.15, 0.2) is 18.2 Å². The normalized spacial score (nSPS) is 12.2. The summed E-state index contributed by atoms with van der Waals surface area (Å²) < 4.78 is 10.9. The number of hydrogen-bond donors (Lipinski definition) is 2. The van der Waals surface area contributed by atoms with Gasteiger partial charge < -0.3 is 19.9 Å². The van der Waals surface area contributed by atoms with E-state index in [0.717, 1.165) is 13.0 Å². The zero-order chi connectivity index (χ0) is 13.4. The second-order valence-electron chi connectivity index (χ2n) is 4.11. The Morgan fingerprint density at radius 2 is 2.06 bits per heavy atom. The van der Waals surface area contributed by atoms with E-state index in [9.17, 15) is 5.11 Å². The molecule has 0 aromatic heterocycles. The van der Waals surface area contributed by atoms with Gasteiger partial charge in [-0.1, -0.05) is 19.9 Å². The molecule has 0 aliphatic carbocycles. The molecule has 0 saturated carbocycles. The molecule has 1 unspecified atom stereocenters. The Morgan fingerprint density at radius 3 is 2.67 bits per heavy atom. The van der Waals surface area contributed by atoms with Crippen LogP contribution in [-0.4, -0.2) is 38.0 Å². The number of aliphatic hydroxyl groups excluding tert-OH is 1. The van der Waals surface area contributed by atoms with E-state index in [2.05, 4.69) is 12.2 Å². The van der Waals surface area contributed by atoms with Crippen molar-refractivity contribution in [1.82, 2.24) is 5.32 Å². The van der Waals surface area contributed by atoms with Crippen LogP contribution in [0, 0.1) is 0 Å². The number of aryl methyl sites for hydroxylation is 1. The molecule has 0 radical (unpaired) electrons. The summed E-state index contributed by atoms with van der Waals surface area (Å²) in [6.45, 7) is 5.72. The van der Waals surface area contributed by atoms with Gasteiger partial charge in [0.15, 0.2) is 11.5 Å². The molecule has 0 bridgehead atoms. The molecule has 2 N–H and O–H groups in total. The lowest BCUT2D eigenvalue weighted by atomic mass is 10.1. The van der Waals surface area contributed by atoms with E-state index < -0.39 is 6.10 Å². The minimum atomic E-state index is -0.513. The summed E-state index contributed by atoms with van der Waals surface area (Å²) in [5, 5.41) is 12.7. The summed E-state index contributed by atoms with van der Waals surface area (Å²) in [5.41, 5.74) is 1.20. The number of ether oxygens (including phenoxy) is 2. The third-order valence-electron chi connectivity index (χ3n) is 2.70. The molecule has 0 fully saturated rings. The van der Waals surface area contributed by atoms with Crippen LogP contribution in [0.4, 0.5) is 0 Å². The summed E-state index contributed by atoms with van der Waals surface area (Å²) in [6, 6.07) is 5.86. The van der Waals surface area contributed by atoms with E-state index in [1.54, 1.807) is 7.11 Å². The van der Waals surface area contributed by atoms with Crippen LogP contribution in [0.1, 0.15) is 19.4 Å². The quantitative estimate of drug-likeness (QED) is 0.739. The van der Waals surface area contributed by atoms with Gasteiger partial charge in [0, 0.05) is 6.54 Å². The molecule has 1 aromatic rings. The highest BCUT2D eigenvalue weighted by molar-refractivity contribution is 5.42. The summed E-state index contributed by atoms with van der Waals surface area (Å²) in [7, 11) is 1.62. The molecule has 0 spiro atoms. The van der Waals surface area contributed by atoms with Crippen molar-refractivity contribution in [3.05, 3.63) is 23.8 Å². The van der Waals surface area contributed by atoms with Crippen molar-refractivity contribution in [3.63, 3.8) is 0 Å². The summed E-state index contributed by atoms with van der Waals surface area (Å²) in [6.07, 6.45) is 0.445. The van der Waals surface area contributed by atoms with E-state index in [-0.39, 0.29) is 6.61 Å². The van der Waals surface area contributed by atoms with Crippen molar-refractivity contribution in [1.29, 1.82) is 0 Å². The minimum absolute atomic E-state index is 0.259. The third-order valence-corrected chi connectivity index (χ3v) is 2.70. The highest BCUT2D eigenvalue weighted by Crippen LogP contribution is 2.28. The van der Waals surface area contributed by atoms with Gasteiger partial charge in [0.25, 0.3) is 0 Å². The lowest BCUT2D eigenvalue weighted by Gasteiger charge is -2.15. The van der Waals surface area contributed by atoms with E-state index in [1.807, 2.05) is 25.1 Å². The molecular formula is C14H23NO3. The predicted octanol–water partition coefficient (Wildman–Crippen LogP) is 1.61. The van der Waals surface area contributed by atoms with Crippen LogP contribution in [0.2, 0.25) is 0 Å². The summed E-state index contributed by atoms with van der Waals surface area (Å²) in [5.74, 6) is 1.38. The van der Waals surface area contributed by atoms with Gasteiger partial charge in [-0.05, 0) is 30.7 Å². The summed E-state index contributed by atoms with van der Waals surface area (Å²) >= 11 is 0. The number of hydrogen-bond acceptors (Lipinski definition) is 4. The molecule has 1 aromatic carbocycles. The fourth-order valence-corrected chi connectivity index (χ4v) is 1.61. The molecule has 0 aliphatic rings. The fourth-order valence-electron chi connectivity index (χ4n) is 1.61. The largest absolute Gasteiger partial charge is 0.493 e. The van der Waals surface area contributed by atoms with Crippen LogP contribution in [0.25, 0.3) is 0 Å². The topological polar surface area (TPSA) is 50.7 Å². The van der Waals surface area contributed by atoms with Gasteiger partial charge in [0.05, 0.1) is 7.11 Å². The maximum absolute atomic E-state index is 9.68. The second kappa shape index (κ2) is 7.95. The molecule has 18 heavy (non-hydrogen) atoms. The van der Waals surface area contributed by atoms with Gasteiger partial charge in [-0.15, -0.1) is 0 Å². The Labute approximate surface area is 109 Å².